The number of alkyl halides is 1. The minimum atomic E-state index is -0.336. The molecule has 1 aromatic rings. The van der Waals surface area contributed by atoms with Crippen LogP contribution in [0.1, 0.15) is 12.0 Å². The van der Waals surface area contributed by atoms with Crippen LogP contribution >= 0.6 is 23.4 Å². The number of halogens is 2. The van der Waals surface area contributed by atoms with Gasteiger partial charge in [-0.05, 0) is 36.1 Å². The summed E-state index contributed by atoms with van der Waals surface area (Å²) in [7, 11) is 0. The van der Waals surface area contributed by atoms with E-state index in [1.54, 1.807) is 23.9 Å². The molecule has 0 aliphatic rings. The molecule has 4 heteroatoms. The van der Waals surface area contributed by atoms with Crippen LogP contribution < -0.4 is 4.74 Å². The average Bonchev–Trinajstić information content (AvgIpc) is 2.26. The van der Waals surface area contributed by atoms with Crippen molar-refractivity contribution in [2.45, 2.75) is 12.3 Å². The van der Waals surface area contributed by atoms with Crippen molar-refractivity contribution >= 4 is 23.4 Å². The highest BCUT2D eigenvalue weighted by molar-refractivity contribution is 7.98. The van der Waals surface area contributed by atoms with Crippen LogP contribution in [0, 0.1) is 5.82 Å². The van der Waals surface area contributed by atoms with E-state index in [1.165, 1.54) is 6.07 Å². The van der Waals surface area contributed by atoms with E-state index in [9.17, 15) is 4.39 Å². The Kier molecular flexibility index (Phi) is 5.88. The molecule has 0 bridgehead atoms. The largest absolute Gasteiger partial charge is 0.490 e. The van der Waals surface area contributed by atoms with Crippen molar-refractivity contribution in [3.05, 3.63) is 29.6 Å². The fourth-order valence-electron chi connectivity index (χ4n) is 1.13. The van der Waals surface area contributed by atoms with Crippen LogP contribution in [0.3, 0.4) is 0 Å². The molecule has 0 atom stereocenters. The molecule has 0 radical (unpaired) electrons. The molecule has 0 saturated carbocycles. The minimum absolute atomic E-state index is 0.310. The Bertz CT molecular complexity index is 307. The second-order valence-electron chi connectivity index (χ2n) is 3.09. The van der Waals surface area contributed by atoms with Gasteiger partial charge in [0.2, 0.25) is 0 Å². The van der Waals surface area contributed by atoms with Crippen molar-refractivity contribution in [1.29, 1.82) is 0 Å². The Balaban J connectivity index is 2.47. The van der Waals surface area contributed by atoms with Crippen LogP contribution in [0.2, 0.25) is 0 Å². The molecule has 0 N–H and O–H groups in total. The highest BCUT2D eigenvalue weighted by Crippen LogP contribution is 2.19. The number of hydrogen-bond acceptors (Lipinski definition) is 2. The molecule has 84 valence electrons. The molecule has 1 aromatic carbocycles. The Hall–Kier alpha value is -0.410. The summed E-state index contributed by atoms with van der Waals surface area (Å²) < 4.78 is 18.7. The lowest BCUT2D eigenvalue weighted by Gasteiger charge is -2.07. The lowest BCUT2D eigenvalue weighted by Crippen LogP contribution is -2.00. The predicted molar refractivity (Wildman–Crippen MR) is 64.5 cm³/mol. The predicted octanol–water partition coefficient (Wildman–Crippen LogP) is 3.70. The molecular formula is C11H14ClFOS. The quantitative estimate of drug-likeness (QED) is 0.561. The Labute approximate surface area is 99.0 Å². The van der Waals surface area contributed by atoms with Gasteiger partial charge in [-0.3, -0.25) is 0 Å². The molecule has 0 aliphatic carbocycles. The van der Waals surface area contributed by atoms with E-state index in [2.05, 4.69) is 0 Å². The summed E-state index contributed by atoms with van der Waals surface area (Å²) in [5.41, 5.74) is 0.769. The van der Waals surface area contributed by atoms with Crippen LogP contribution in [-0.2, 0) is 5.88 Å². The summed E-state index contributed by atoms with van der Waals surface area (Å²) in [6, 6.07) is 4.82. The van der Waals surface area contributed by atoms with E-state index < -0.39 is 0 Å². The van der Waals surface area contributed by atoms with Gasteiger partial charge in [0.15, 0.2) is 11.6 Å². The summed E-state index contributed by atoms with van der Waals surface area (Å²) >= 11 is 7.34. The van der Waals surface area contributed by atoms with Crippen molar-refractivity contribution in [2.75, 3.05) is 18.6 Å². The van der Waals surface area contributed by atoms with Gasteiger partial charge in [-0.1, -0.05) is 6.07 Å². The fourth-order valence-corrected chi connectivity index (χ4v) is 1.70. The van der Waals surface area contributed by atoms with Crippen molar-refractivity contribution in [2.24, 2.45) is 0 Å². The third-order valence-corrected chi connectivity index (χ3v) is 2.91. The van der Waals surface area contributed by atoms with Crippen molar-refractivity contribution in [3.8, 4) is 5.75 Å². The van der Waals surface area contributed by atoms with Gasteiger partial charge in [-0.15, -0.1) is 11.6 Å². The Morgan fingerprint density at radius 2 is 2.27 bits per heavy atom. The van der Waals surface area contributed by atoms with Gasteiger partial charge in [0.1, 0.15) is 0 Å². The van der Waals surface area contributed by atoms with E-state index in [0.29, 0.717) is 18.2 Å². The van der Waals surface area contributed by atoms with Crippen LogP contribution in [0.4, 0.5) is 4.39 Å². The minimum Gasteiger partial charge on any atom is -0.490 e. The van der Waals surface area contributed by atoms with Gasteiger partial charge in [0.05, 0.1) is 6.61 Å². The van der Waals surface area contributed by atoms with Crippen LogP contribution in [0.5, 0.6) is 5.75 Å². The number of hydrogen-bond donors (Lipinski definition) is 0. The van der Waals surface area contributed by atoms with Gasteiger partial charge in [0, 0.05) is 5.88 Å². The first-order valence-electron chi connectivity index (χ1n) is 4.74. The third-order valence-electron chi connectivity index (χ3n) is 1.90. The lowest BCUT2D eigenvalue weighted by molar-refractivity contribution is 0.302. The molecule has 0 amide bonds. The van der Waals surface area contributed by atoms with E-state index in [0.717, 1.165) is 17.7 Å². The fraction of sp³-hybridized carbons (Fsp3) is 0.455. The lowest BCUT2D eigenvalue weighted by atomic mass is 10.2. The highest BCUT2D eigenvalue weighted by atomic mass is 35.5. The zero-order valence-corrected chi connectivity index (χ0v) is 10.2. The Morgan fingerprint density at radius 3 is 2.87 bits per heavy atom. The molecule has 1 nitrogen and oxygen atoms in total. The first kappa shape index (κ1) is 12.7. The number of rotatable bonds is 6. The van der Waals surface area contributed by atoms with Gasteiger partial charge >= 0.3 is 0 Å². The second kappa shape index (κ2) is 6.96. The van der Waals surface area contributed by atoms with Crippen molar-refractivity contribution < 1.29 is 9.13 Å². The van der Waals surface area contributed by atoms with E-state index >= 15 is 0 Å². The monoisotopic (exact) mass is 248 g/mol. The van der Waals surface area contributed by atoms with Crippen LogP contribution in [0.15, 0.2) is 18.2 Å². The number of thioether (sulfide) groups is 1. The Morgan fingerprint density at radius 1 is 1.47 bits per heavy atom. The van der Waals surface area contributed by atoms with E-state index in [1.807, 2.05) is 6.26 Å². The molecule has 0 saturated heterocycles. The maximum absolute atomic E-state index is 13.4. The molecular weight excluding hydrogens is 235 g/mol. The maximum Gasteiger partial charge on any atom is 0.165 e. The number of ether oxygens (including phenoxy) is 1. The molecule has 0 aliphatic heterocycles. The number of benzene rings is 1. The van der Waals surface area contributed by atoms with Crippen LogP contribution in [-0.4, -0.2) is 18.6 Å². The molecule has 0 unspecified atom stereocenters. The van der Waals surface area contributed by atoms with E-state index in [4.69, 9.17) is 16.3 Å². The summed E-state index contributed by atoms with van der Waals surface area (Å²) in [5, 5.41) is 0. The molecule has 0 aromatic heterocycles. The first-order valence-corrected chi connectivity index (χ1v) is 6.67. The van der Waals surface area contributed by atoms with Gasteiger partial charge < -0.3 is 4.74 Å². The average molecular weight is 249 g/mol. The second-order valence-corrected chi connectivity index (χ2v) is 4.35. The first-order chi connectivity index (χ1) is 7.27. The van der Waals surface area contributed by atoms with Gasteiger partial charge in [0.25, 0.3) is 0 Å². The molecule has 1 rings (SSSR count). The summed E-state index contributed by atoms with van der Waals surface area (Å²) in [6.45, 7) is 0.554. The summed E-state index contributed by atoms with van der Waals surface area (Å²) in [6.07, 6.45) is 2.97. The highest BCUT2D eigenvalue weighted by Gasteiger charge is 2.03. The standard InChI is InChI=1S/C11H14ClFOS/c1-15-6-2-5-14-11-4-3-9(8-12)7-10(11)13/h3-4,7H,2,5-6,8H2,1H3. The summed E-state index contributed by atoms with van der Waals surface area (Å²) in [4.78, 5) is 0. The molecule has 15 heavy (non-hydrogen) atoms. The van der Waals surface area contributed by atoms with Crippen LogP contribution in [0.25, 0.3) is 0 Å². The van der Waals surface area contributed by atoms with Gasteiger partial charge in [-0.25, -0.2) is 4.39 Å². The van der Waals surface area contributed by atoms with Crippen molar-refractivity contribution in [1.82, 2.24) is 0 Å². The molecule has 0 spiro atoms. The molecule has 0 fully saturated rings. The third kappa shape index (κ3) is 4.31. The zero-order chi connectivity index (χ0) is 11.1. The summed E-state index contributed by atoms with van der Waals surface area (Å²) in [5.74, 6) is 1.33. The van der Waals surface area contributed by atoms with Gasteiger partial charge in [-0.2, -0.15) is 11.8 Å². The van der Waals surface area contributed by atoms with Crippen molar-refractivity contribution in [3.63, 3.8) is 0 Å². The SMILES string of the molecule is CSCCCOc1ccc(CCl)cc1F. The van der Waals surface area contributed by atoms with E-state index in [-0.39, 0.29) is 5.82 Å². The zero-order valence-electron chi connectivity index (χ0n) is 8.63. The normalized spacial score (nSPS) is 10.3. The maximum atomic E-state index is 13.4. The smallest absolute Gasteiger partial charge is 0.165 e. The molecule has 0 heterocycles. The topological polar surface area (TPSA) is 9.23 Å².